The van der Waals surface area contributed by atoms with Crippen molar-refractivity contribution in [1.82, 2.24) is 9.97 Å². The molecule has 1 aromatic heterocycles. The zero-order chi connectivity index (χ0) is 14.6. The second-order valence-electron chi connectivity index (χ2n) is 3.88. The van der Waals surface area contributed by atoms with E-state index in [1.165, 1.54) is 0 Å². The Labute approximate surface area is 118 Å². The first-order chi connectivity index (χ1) is 9.76. The fraction of sp³-hybridized carbons (Fsp3) is 0.667. The number of anilines is 1. The molecule has 114 valence electrons. The second kappa shape index (κ2) is 10.3. The smallest absolute Gasteiger partial charge is 0.240 e. The van der Waals surface area contributed by atoms with Crippen molar-refractivity contribution in [3.8, 4) is 5.88 Å². The first-order valence-corrected chi connectivity index (χ1v) is 6.35. The topological polar surface area (TPSA) is 101 Å². The van der Waals surface area contributed by atoms with Gasteiger partial charge in [0.2, 0.25) is 11.8 Å². The van der Waals surface area contributed by atoms with E-state index in [1.54, 1.807) is 13.2 Å². The second-order valence-corrected chi connectivity index (χ2v) is 3.88. The lowest BCUT2D eigenvalue weighted by Crippen LogP contribution is -2.14. The quantitative estimate of drug-likeness (QED) is 0.336. The molecule has 3 N–H and O–H groups in total. The Balaban J connectivity index is 2.08. The zero-order valence-corrected chi connectivity index (χ0v) is 11.9. The van der Waals surface area contributed by atoms with Crippen molar-refractivity contribution < 1.29 is 18.9 Å². The Bertz CT molecular complexity index is 378. The van der Waals surface area contributed by atoms with Gasteiger partial charge >= 0.3 is 0 Å². The average molecular weight is 286 g/mol. The van der Waals surface area contributed by atoms with Crippen LogP contribution in [0.25, 0.3) is 0 Å². The van der Waals surface area contributed by atoms with Crippen LogP contribution >= 0.6 is 0 Å². The Morgan fingerprint density at radius 2 is 1.70 bits per heavy atom. The minimum absolute atomic E-state index is 0.326. The normalized spacial score (nSPS) is 10.6. The summed E-state index contributed by atoms with van der Waals surface area (Å²) in [5.41, 5.74) is 3.16. The van der Waals surface area contributed by atoms with Gasteiger partial charge in [0.15, 0.2) is 0 Å². The predicted octanol–water partition coefficient (Wildman–Crippen LogP) is 0.129. The summed E-state index contributed by atoms with van der Waals surface area (Å²) >= 11 is 0. The largest absolute Gasteiger partial charge is 0.475 e. The number of rotatable bonds is 11. The third-order valence-corrected chi connectivity index (χ3v) is 2.24. The maximum atomic E-state index is 5.44. The van der Waals surface area contributed by atoms with Gasteiger partial charge in [-0.1, -0.05) is 0 Å². The average Bonchev–Trinajstić information content (AvgIpc) is 2.45. The van der Waals surface area contributed by atoms with E-state index >= 15 is 0 Å². The number of hydrazine groups is 1. The highest BCUT2D eigenvalue weighted by atomic mass is 16.6. The van der Waals surface area contributed by atoms with Gasteiger partial charge in [-0.3, -0.25) is 5.43 Å². The summed E-state index contributed by atoms with van der Waals surface area (Å²) in [6.07, 6.45) is 0. The fourth-order valence-corrected chi connectivity index (χ4v) is 1.35. The van der Waals surface area contributed by atoms with Gasteiger partial charge < -0.3 is 18.9 Å². The molecule has 8 nitrogen and oxygen atoms in total. The van der Waals surface area contributed by atoms with Crippen molar-refractivity contribution in [3.63, 3.8) is 0 Å². The number of methoxy groups -OCH3 is 1. The molecule has 0 fully saturated rings. The van der Waals surface area contributed by atoms with E-state index in [-0.39, 0.29) is 0 Å². The van der Waals surface area contributed by atoms with Crippen molar-refractivity contribution in [1.29, 1.82) is 0 Å². The monoisotopic (exact) mass is 286 g/mol. The van der Waals surface area contributed by atoms with Crippen LogP contribution in [0, 0.1) is 6.92 Å². The van der Waals surface area contributed by atoms with Crippen molar-refractivity contribution in [2.45, 2.75) is 6.92 Å². The number of nitrogens with two attached hydrogens (primary N) is 1. The molecule has 0 aliphatic rings. The van der Waals surface area contributed by atoms with Gasteiger partial charge in [-0.05, 0) is 6.92 Å². The van der Waals surface area contributed by atoms with Crippen molar-refractivity contribution >= 4 is 5.95 Å². The predicted molar refractivity (Wildman–Crippen MR) is 73.6 cm³/mol. The van der Waals surface area contributed by atoms with Crippen LogP contribution in [0.2, 0.25) is 0 Å². The lowest BCUT2D eigenvalue weighted by Gasteiger charge is -2.08. The van der Waals surface area contributed by atoms with Crippen LogP contribution in [-0.2, 0) is 14.2 Å². The molecule has 20 heavy (non-hydrogen) atoms. The van der Waals surface area contributed by atoms with Gasteiger partial charge in [0.1, 0.15) is 6.61 Å². The van der Waals surface area contributed by atoms with Crippen LogP contribution in [-0.4, -0.2) is 56.7 Å². The minimum Gasteiger partial charge on any atom is -0.475 e. The summed E-state index contributed by atoms with van der Waals surface area (Å²) in [6.45, 7) is 4.92. The molecular weight excluding hydrogens is 264 g/mol. The van der Waals surface area contributed by atoms with Crippen LogP contribution in [0.1, 0.15) is 5.69 Å². The number of ether oxygens (including phenoxy) is 4. The zero-order valence-electron chi connectivity index (χ0n) is 11.9. The molecule has 0 radical (unpaired) electrons. The van der Waals surface area contributed by atoms with Gasteiger partial charge in [-0.2, -0.15) is 4.98 Å². The number of nitrogens with one attached hydrogen (secondary N) is 1. The van der Waals surface area contributed by atoms with Gasteiger partial charge in [-0.25, -0.2) is 10.8 Å². The molecule has 0 spiro atoms. The van der Waals surface area contributed by atoms with Crippen molar-refractivity contribution in [2.24, 2.45) is 5.84 Å². The maximum Gasteiger partial charge on any atom is 0.240 e. The number of nitrogens with zero attached hydrogens (tertiary/aromatic N) is 2. The van der Waals surface area contributed by atoms with Crippen LogP contribution in [0.4, 0.5) is 5.95 Å². The van der Waals surface area contributed by atoms with E-state index in [0.29, 0.717) is 51.5 Å². The molecular formula is C12H22N4O4. The van der Waals surface area contributed by atoms with E-state index in [9.17, 15) is 0 Å². The van der Waals surface area contributed by atoms with Gasteiger partial charge in [0.25, 0.3) is 0 Å². The molecule has 0 unspecified atom stereocenters. The van der Waals surface area contributed by atoms with Crippen LogP contribution in [0.15, 0.2) is 6.07 Å². The van der Waals surface area contributed by atoms with Gasteiger partial charge in [0.05, 0.1) is 33.0 Å². The van der Waals surface area contributed by atoms with E-state index in [4.69, 9.17) is 24.8 Å². The highest BCUT2D eigenvalue weighted by Gasteiger charge is 2.01. The number of nitrogen functional groups attached to an aromatic ring is 1. The molecule has 0 saturated carbocycles. The maximum absolute atomic E-state index is 5.44. The molecule has 0 atom stereocenters. The SMILES string of the molecule is COCCOCCOCCOc1cc(C)nc(NN)n1. The molecule has 0 aliphatic carbocycles. The summed E-state index contributed by atoms with van der Waals surface area (Å²) in [5.74, 6) is 6.04. The minimum atomic E-state index is 0.326. The highest BCUT2D eigenvalue weighted by Crippen LogP contribution is 2.10. The van der Waals surface area contributed by atoms with Crippen LogP contribution in [0.3, 0.4) is 0 Å². The third kappa shape index (κ3) is 7.19. The number of hydrogen-bond acceptors (Lipinski definition) is 8. The van der Waals surface area contributed by atoms with E-state index in [0.717, 1.165) is 5.69 Å². The molecule has 1 aromatic rings. The fourth-order valence-electron chi connectivity index (χ4n) is 1.35. The lowest BCUT2D eigenvalue weighted by atomic mass is 10.4. The van der Waals surface area contributed by atoms with Crippen molar-refractivity contribution in [2.75, 3.05) is 52.2 Å². The third-order valence-electron chi connectivity index (χ3n) is 2.24. The summed E-state index contributed by atoms with van der Waals surface area (Å²) < 4.78 is 20.9. The molecule has 1 heterocycles. The molecule has 8 heteroatoms. The highest BCUT2D eigenvalue weighted by molar-refractivity contribution is 5.28. The lowest BCUT2D eigenvalue weighted by molar-refractivity contribution is 0.0176. The molecule has 0 saturated heterocycles. The summed E-state index contributed by atoms with van der Waals surface area (Å²) in [6, 6.07) is 1.73. The Hall–Kier alpha value is -1.48. The Kier molecular flexibility index (Phi) is 8.56. The summed E-state index contributed by atoms with van der Waals surface area (Å²) in [7, 11) is 1.64. The first-order valence-electron chi connectivity index (χ1n) is 6.35. The number of aryl methyl sites for hydroxylation is 1. The molecule has 0 bridgehead atoms. The van der Waals surface area contributed by atoms with Gasteiger partial charge in [-0.15, -0.1) is 0 Å². The van der Waals surface area contributed by atoms with Gasteiger partial charge in [0, 0.05) is 18.9 Å². The Morgan fingerprint density at radius 3 is 2.35 bits per heavy atom. The Morgan fingerprint density at radius 1 is 1.05 bits per heavy atom. The van der Waals surface area contributed by atoms with Crippen LogP contribution < -0.4 is 16.0 Å². The number of hydrogen-bond donors (Lipinski definition) is 2. The summed E-state index contributed by atoms with van der Waals surface area (Å²) in [5, 5.41) is 0. The van der Waals surface area contributed by atoms with Crippen molar-refractivity contribution in [3.05, 3.63) is 11.8 Å². The molecule has 1 rings (SSSR count). The van der Waals surface area contributed by atoms with E-state index in [1.807, 2.05) is 6.92 Å². The van der Waals surface area contributed by atoms with E-state index in [2.05, 4.69) is 15.4 Å². The molecule has 0 aromatic carbocycles. The summed E-state index contributed by atoms with van der Waals surface area (Å²) in [4.78, 5) is 8.12. The molecule has 0 amide bonds. The van der Waals surface area contributed by atoms with Crippen LogP contribution in [0.5, 0.6) is 5.88 Å². The number of aromatic nitrogens is 2. The van der Waals surface area contributed by atoms with E-state index < -0.39 is 0 Å². The first kappa shape index (κ1) is 16.6. The molecule has 0 aliphatic heterocycles. The standard InChI is InChI=1S/C12H22N4O4/c1-10-9-11(15-12(14-10)16-13)20-8-7-19-6-5-18-4-3-17-2/h9H,3-8,13H2,1-2H3,(H,14,15,16).